The summed E-state index contributed by atoms with van der Waals surface area (Å²) >= 11 is 13.1. The molecule has 10 rings (SSSR count). The molecule has 5 atom stereocenters. The predicted molar refractivity (Wildman–Crippen MR) is 208 cm³/mol. The molecule has 5 heterocycles. The van der Waals surface area contributed by atoms with Gasteiger partial charge in [0.15, 0.2) is 5.82 Å². The maximum absolute atomic E-state index is 17.2. The monoisotopic (exact) mass is 776 g/mol. The van der Waals surface area contributed by atoms with Gasteiger partial charge in [0, 0.05) is 71.2 Å². The fourth-order valence-corrected chi connectivity index (χ4v) is 9.62. The fraction of sp³-hybridized carbons (Fsp3) is 0.395. The largest absolute Gasteiger partial charge is 0.497 e. The van der Waals surface area contributed by atoms with Gasteiger partial charge in [-0.1, -0.05) is 41.4 Å². The highest BCUT2D eigenvalue weighted by Gasteiger charge is 2.51. The first kappa shape index (κ1) is 36.0. The van der Waals surface area contributed by atoms with Gasteiger partial charge in [-0.2, -0.15) is 10.5 Å². The highest BCUT2D eigenvalue weighted by molar-refractivity contribution is 6.43. The van der Waals surface area contributed by atoms with Crippen molar-refractivity contribution in [1.82, 2.24) is 19.8 Å². The van der Waals surface area contributed by atoms with E-state index in [2.05, 4.69) is 28.1 Å². The zero-order valence-corrected chi connectivity index (χ0v) is 32.1. The lowest BCUT2D eigenvalue weighted by atomic mass is 9.79. The lowest BCUT2D eigenvalue weighted by Gasteiger charge is -2.39. The van der Waals surface area contributed by atoms with E-state index in [9.17, 15) is 15.3 Å². The van der Waals surface area contributed by atoms with E-state index in [4.69, 9.17) is 37.7 Å². The van der Waals surface area contributed by atoms with Crippen LogP contribution in [-0.2, 0) is 22.6 Å². The van der Waals surface area contributed by atoms with Crippen molar-refractivity contribution in [3.63, 3.8) is 0 Å². The molecule has 9 nitrogen and oxygen atoms in total. The van der Waals surface area contributed by atoms with Crippen molar-refractivity contribution in [1.29, 1.82) is 10.5 Å². The van der Waals surface area contributed by atoms with Crippen molar-refractivity contribution in [2.45, 2.75) is 76.3 Å². The summed E-state index contributed by atoms with van der Waals surface area (Å²) in [5.74, 6) is 0.630. The normalized spacial score (nSPS) is 22.9. The molecule has 0 radical (unpaired) electrons. The third kappa shape index (κ3) is 6.02. The Morgan fingerprint density at radius 2 is 1.93 bits per heavy atom. The minimum atomic E-state index is -0.501. The number of ether oxygens (including phenoxy) is 2. The Hall–Kier alpha value is -4.71. The van der Waals surface area contributed by atoms with Gasteiger partial charge >= 0.3 is 0 Å². The summed E-state index contributed by atoms with van der Waals surface area (Å²) in [6.45, 7) is 3.46. The van der Waals surface area contributed by atoms with E-state index >= 15 is 4.39 Å². The quantitative estimate of drug-likeness (QED) is 0.151. The highest BCUT2D eigenvalue weighted by Crippen LogP contribution is 2.51. The van der Waals surface area contributed by atoms with Crippen LogP contribution in [0.2, 0.25) is 10.0 Å². The average Bonchev–Trinajstić information content (AvgIpc) is 3.47. The second-order valence-corrected chi connectivity index (χ2v) is 16.1. The molecule has 5 fully saturated rings. The highest BCUT2D eigenvalue weighted by atomic mass is 35.5. The van der Waals surface area contributed by atoms with Crippen LogP contribution in [-0.4, -0.2) is 52.7 Å². The number of carbonyl (C=O) groups excluding carboxylic acids is 1. The van der Waals surface area contributed by atoms with Gasteiger partial charge in [-0.15, -0.1) is 0 Å². The van der Waals surface area contributed by atoms with Gasteiger partial charge < -0.3 is 24.3 Å². The van der Waals surface area contributed by atoms with Crippen LogP contribution in [0.4, 0.5) is 4.39 Å². The molecule has 3 saturated heterocycles. The Labute approximate surface area is 328 Å². The van der Waals surface area contributed by atoms with E-state index in [0.717, 1.165) is 48.0 Å². The third-order valence-electron chi connectivity index (χ3n) is 12.2. The number of likely N-dealkylation sites (tertiary alicyclic amines) is 1. The van der Waals surface area contributed by atoms with Crippen molar-refractivity contribution in [3.05, 3.63) is 92.5 Å². The van der Waals surface area contributed by atoms with Crippen LogP contribution in [0.15, 0.2) is 48.5 Å². The average molecular weight is 778 g/mol. The molecule has 55 heavy (non-hydrogen) atoms. The first-order valence-electron chi connectivity index (χ1n) is 18.9. The summed E-state index contributed by atoms with van der Waals surface area (Å²) in [4.78, 5) is 21.0. The van der Waals surface area contributed by atoms with Crippen LogP contribution >= 0.6 is 23.2 Å². The molecule has 1 amide bonds. The number of aromatic nitrogens is 2. The number of carbonyl (C=O) groups is 1. The topological polar surface area (TPSA) is 116 Å². The maximum Gasteiger partial charge on any atom is 0.226 e. The molecule has 0 spiro atoms. The van der Waals surface area contributed by atoms with Crippen LogP contribution in [0.25, 0.3) is 32.9 Å². The van der Waals surface area contributed by atoms with E-state index < -0.39 is 5.82 Å². The van der Waals surface area contributed by atoms with Crippen molar-refractivity contribution < 1.29 is 18.7 Å². The fourth-order valence-electron chi connectivity index (χ4n) is 9.23. The molecular formula is C43H39Cl2FN6O3. The number of rotatable bonds is 10. The summed E-state index contributed by atoms with van der Waals surface area (Å²) in [6, 6.07) is 19.3. The summed E-state index contributed by atoms with van der Waals surface area (Å²) in [6.07, 6.45) is 3.62. The first-order chi connectivity index (χ1) is 26.7. The van der Waals surface area contributed by atoms with Crippen LogP contribution in [0.5, 0.6) is 5.75 Å². The number of aryl methyl sites for hydroxylation is 2. The standard InChI is InChI=1S/C43H39Cl2FN6O3/c1-22-31-17-36(35-16-29(20-51(35)43(53)23-8-9-23)55-21-25-10-11-28(54-2)13-26(25)18-48)52(41-27-15-34(41)49-19-27)42(31)32-14-24(5-4-12-47)37(39(46)40(32)50-22)30-6-3-7-33(44)38(30)45/h3,6-7,10-11,13-14,17,23,27,29,34-35,41,49H,4-5,8-9,15-16,19-21H2,1-2H3/t27-,29+,34-,35-,41+/m1/s1. The molecule has 5 aliphatic rings. The van der Waals surface area contributed by atoms with Gasteiger partial charge in [0.2, 0.25) is 5.91 Å². The smallest absolute Gasteiger partial charge is 0.226 e. The molecule has 2 bridgehead atoms. The number of nitriles is 2. The van der Waals surface area contributed by atoms with Crippen molar-refractivity contribution in [2.24, 2.45) is 11.8 Å². The summed E-state index contributed by atoms with van der Waals surface area (Å²) in [7, 11) is 1.57. The number of benzene rings is 3. The third-order valence-corrected chi connectivity index (χ3v) is 13.0. The van der Waals surface area contributed by atoms with Gasteiger partial charge in [0.1, 0.15) is 11.3 Å². The number of fused-ring (bicyclic) bond motifs is 4. The molecule has 3 aliphatic heterocycles. The van der Waals surface area contributed by atoms with Gasteiger partial charge in [-0.25, -0.2) is 9.37 Å². The number of halogens is 3. The lowest BCUT2D eigenvalue weighted by Crippen LogP contribution is -2.41. The second-order valence-electron chi connectivity index (χ2n) is 15.4. The van der Waals surface area contributed by atoms with E-state index in [0.29, 0.717) is 69.4 Å². The van der Waals surface area contributed by atoms with E-state index in [1.165, 1.54) is 0 Å². The molecule has 2 aliphatic carbocycles. The Kier molecular flexibility index (Phi) is 9.22. The number of nitrogens with one attached hydrogen (secondary N) is 1. The molecule has 5 aromatic rings. The van der Waals surface area contributed by atoms with E-state index in [-0.39, 0.29) is 59.6 Å². The zero-order chi connectivity index (χ0) is 38.1. The molecule has 2 aromatic heterocycles. The lowest BCUT2D eigenvalue weighted by molar-refractivity contribution is -0.134. The summed E-state index contributed by atoms with van der Waals surface area (Å²) in [5.41, 5.74) is 5.48. The molecular weight excluding hydrogens is 738 g/mol. The second kappa shape index (κ2) is 14.1. The minimum absolute atomic E-state index is 0.00478. The van der Waals surface area contributed by atoms with Crippen molar-refractivity contribution in [3.8, 4) is 29.0 Å². The minimum Gasteiger partial charge on any atom is -0.497 e. The Balaban J connectivity index is 1.20. The number of amides is 1. The molecule has 280 valence electrons. The van der Waals surface area contributed by atoms with Gasteiger partial charge in [-0.3, -0.25) is 4.79 Å². The molecule has 3 aromatic carbocycles. The van der Waals surface area contributed by atoms with Crippen LogP contribution in [0.1, 0.15) is 72.3 Å². The molecule has 12 heteroatoms. The molecule has 1 N–H and O–H groups in total. The Morgan fingerprint density at radius 1 is 1.09 bits per heavy atom. The SMILES string of the molecule is COc1ccc(CO[C@H]2C[C@H](c3cc4c(C)nc5c(F)c(-c6cccc(Cl)c6Cl)c(CCC#N)cc5c4n3[C@H]3[C@H]4CN[C@@H]3C4)N(C(=O)C3CC3)C2)c(C#N)c1. The summed E-state index contributed by atoms with van der Waals surface area (Å²) < 4.78 is 31.5. The predicted octanol–water partition coefficient (Wildman–Crippen LogP) is 8.75. The van der Waals surface area contributed by atoms with Crippen LogP contribution in [0.3, 0.4) is 0 Å². The molecule has 2 saturated carbocycles. The van der Waals surface area contributed by atoms with E-state index in [1.54, 1.807) is 31.4 Å². The van der Waals surface area contributed by atoms with Crippen molar-refractivity contribution in [2.75, 3.05) is 20.2 Å². The van der Waals surface area contributed by atoms with Gasteiger partial charge in [0.25, 0.3) is 0 Å². The number of hydrogen-bond acceptors (Lipinski definition) is 7. The van der Waals surface area contributed by atoms with Gasteiger partial charge in [-0.05, 0) is 80.0 Å². The first-order valence-corrected chi connectivity index (χ1v) is 19.7. The Bertz CT molecular complexity index is 2470. The number of methoxy groups -OCH3 is 1. The number of hydrogen-bond donors (Lipinski definition) is 1. The van der Waals surface area contributed by atoms with Crippen LogP contribution < -0.4 is 10.1 Å². The van der Waals surface area contributed by atoms with Crippen molar-refractivity contribution >= 4 is 50.9 Å². The van der Waals surface area contributed by atoms with Gasteiger partial charge in [0.05, 0.1) is 65.2 Å². The zero-order valence-electron chi connectivity index (χ0n) is 30.5. The number of pyridine rings is 1. The maximum atomic E-state index is 17.2. The van der Waals surface area contributed by atoms with Crippen LogP contribution in [0, 0.1) is 47.2 Å². The molecule has 0 unspecified atom stereocenters. The van der Waals surface area contributed by atoms with E-state index in [1.807, 2.05) is 30.0 Å². The number of nitrogens with zero attached hydrogens (tertiary/aromatic N) is 5. The summed E-state index contributed by atoms with van der Waals surface area (Å²) in [5, 5.41) is 25.3. The Morgan fingerprint density at radius 3 is 2.64 bits per heavy atom.